The molecule has 2 fully saturated rings. The molecule has 3 N–H and O–H groups in total. The third-order valence-electron chi connectivity index (χ3n) is 5.20. The first-order valence-corrected chi connectivity index (χ1v) is 8.97. The molecule has 1 atom stereocenters. The second-order valence-corrected chi connectivity index (χ2v) is 6.84. The van der Waals surface area contributed by atoms with Crippen molar-refractivity contribution in [2.45, 2.75) is 31.7 Å². The van der Waals surface area contributed by atoms with Crippen LogP contribution in [-0.2, 0) is 0 Å². The summed E-state index contributed by atoms with van der Waals surface area (Å²) in [4.78, 5) is 31.2. The highest BCUT2D eigenvalue weighted by atomic mass is 35.5. The van der Waals surface area contributed by atoms with Crippen molar-refractivity contribution in [2.24, 2.45) is 5.73 Å². The summed E-state index contributed by atoms with van der Waals surface area (Å²) in [5.74, 6) is -0.322. The number of hydrogen-bond donors (Lipinski definition) is 2. The number of likely N-dealkylation sites (tertiary alicyclic amines) is 1. The molecule has 1 unspecified atom stereocenters. The molecule has 0 aliphatic carbocycles. The molecule has 0 bridgehead atoms. The highest BCUT2D eigenvalue weighted by molar-refractivity contribution is 6.06. The standard InChI is InChI=1S/C18H23N5O2.2ClH/c19-16(24)17-21-15-13(18(25)22-9-1-2-10-22)6-3-7-14(15)23(17)12-5-4-8-20-11-12;;/h3,6-7,12,20H,1-2,4-5,8-11H2,(H2,19,24);2*1H. The van der Waals surface area contributed by atoms with Gasteiger partial charge in [0.05, 0.1) is 11.1 Å². The molecule has 148 valence electrons. The average Bonchev–Trinajstić information content (AvgIpc) is 3.29. The van der Waals surface area contributed by atoms with Crippen LogP contribution in [0.1, 0.15) is 52.7 Å². The number of benzene rings is 1. The molecule has 0 radical (unpaired) electrons. The summed E-state index contributed by atoms with van der Waals surface area (Å²) in [5, 5.41) is 3.36. The fourth-order valence-corrected chi connectivity index (χ4v) is 3.98. The number of imidazole rings is 1. The molecular weight excluding hydrogens is 389 g/mol. The number of nitrogens with zero attached hydrogens (tertiary/aromatic N) is 3. The van der Waals surface area contributed by atoms with Crippen molar-refractivity contribution in [3.63, 3.8) is 0 Å². The lowest BCUT2D eigenvalue weighted by Crippen LogP contribution is -2.33. The highest BCUT2D eigenvalue weighted by Crippen LogP contribution is 2.28. The molecule has 2 saturated heterocycles. The van der Waals surface area contributed by atoms with Gasteiger partial charge in [0.2, 0.25) is 0 Å². The lowest BCUT2D eigenvalue weighted by atomic mass is 10.1. The minimum absolute atomic E-state index is 0. The van der Waals surface area contributed by atoms with E-state index in [0.717, 1.165) is 57.4 Å². The van der Waals surface area contributed by atoms with E-state index < -0.39 is 5.91 Å². The molecule has 7 nitrogen and oxygen atoms in total. The molecule has 2 aliphatic heterocycles. The normalized spacial score (nSPS) is 19.4. The minimum atomic E-state index is -0.554. The van der Waals surface area contributed by atoms with Crippen molar-refractivity contribution >= 4 is 47.7 Å². The van der Waals surface area contributed by atoms with Crippen molar-refractivity contribution in [1.29, 1.82) is 0 Å². The summed E-state index contributed by atoms with van der Waals surface area (Å²) in [6.45, 7) is 3.32. The largest absolute Gasteiger partial charge is 0.363 e. The SMILES string of the molecule is Cl.Cl.NC(=O)c1nc2c(C(=O)N3CCCC3)cccc2n1C1CCCNC1. The molecule has 0 saturated carbocycles. The molecule has 9 heteroatoms. The van der Waals surface area contributed by atoms with E-state index in [1.165, 1.54) is 0 Å². The number of carbonyl (C=O) groups excluding carboxylic acids is 2. The number of halogens is 2. The molecule has 2 amide bonds. The Balaban J connectivity index is 0.00000131. The molecule has 4 rings (SSSR count). The Morgan fingerprint density at radius 1 is 1.15 bits per heavy atom. The van der Waals surface area contributed by atoms with E-state index in [1.807, 2.05) is 21.6 Å². The van der Waals surface area contributed by atoms with Gasteiger partial charge in [-0.15, -0.1) is 24.8 Å². The second-order valence-electron chi connectivity index (χ2n) is 6.84. The number of nitrogens with two attached hydrogens (primary N) is 1. The van der Waals surface area contributed by atoms with Crippen molar-refractivity contribution in [2.75, 3.05) is 26.2 Å². The maximum Gasteiger partial charge on any atom is 0.284 e. The Labute approximate surface area is 170 Å². The summed E-state index contributed by atoms with van der Waals surface area (Å²) in [6, 6.07) is 5.71. The molecular formula is C18H25Cl2N5O2. The number of fused-ring (bicyclic) bond motifs is 1. The van der Waals surface area contributed by atoms with E-state index in [2.05, 4.69) is 10.3 Å². The fourth-order valence-electron chi connectivity index (χ4n) is 3.98. The fraction of sp³-hybridized carbons (Fsp3) is 0.500. The van der Waals surface area contributed by atoms with E-state index in [1.54, 1.807) is 6.07 Å². The molecule has 1 aromatic heterocycles. The van der Waals surface area contributed by atoms with Crippen LogP contribution in [0.25, 0.3) is 11.0 Å². The van der Waals surface area contributed by atoms with Gasteiger partial charge in [-0.25, -0.2) is 4.98 Å². The average molecular weight is 414 g/mol. The molecule has 2 aliphatic rings. The maximum absolute atomic E-state index is 12.9. The molecule has 27 heavy (non-hydrogen) atoms. The van der Waals surface area contributed by atoms with Gasteiger partial charge in [-0.2, -0.15) is 0 Å². The summed E-state index contributed by atoms with van der Waals surface area (Å²) in [5.41, 5.74) is 7.55. The third kappa shape index (κ3) is 3.90. The number of para-hydroxylation sites is 1. The van der Waals surface area contributed by atoms with Crippen molar-refractivity contribution in [1.82, 2.24) is 19.8 Å². The van der Waals surface area contributed by atoms with E-state index >= 15 is 0 Å². The van der Waals surface area contributed by atoms with Gasteiger partial charge in [-0.1, -0.05) is 6.07 Å². The van der Waals surface area contributed by atoms with Crippen LogP contribution in [-0.4, -0.2) is 52.4 Å². The van der Waals surface area contributed by atoms with Crippen LogP contribution in [0, 0.1) is 0 Å². The number of amides is 2. The number of hydrogen-bond acceptors (Lipinski definition) is 4. The molecule has 2 aromatic rings. The van der Waals surface area contributed by atoms with Crippen molar-refractivity contribution in [3.8, 4) is 0 Å². The van der Waals surface area contributed by atoms with Crippen LogP contribution in [0.15, 0.2) is 18.2 Å². The lowest BCUT2D eigenvalue weighted by Gasteiger charge is -2.25. The topological polar surface area (TPSA) is 93.2 Å². The lowest BCUT2D eigenvalue weighted by molar-refractivity contribution is 0.0794. The summed E-state index contributed by atoms with van der Waals surface area (Å²) < 4.78 is 1.92. The van der Waals surface area contributed by atoms with E-state index in [-0.39, 0.29) is 42.6 Å². The molecule has 3 heterocycles. The summed E-state index contributed by atoms with van der Waals surface area (Å²) in [6.07, 6.45) is 4.07. The first-order chi connectivity index (χ1) is 12.2. The Morgan fingerprint density at radius 3 is 2.52 bits per heavy atom. The van der Waals surface area contributed by atoms with Crippen LogP contribution < -0.4 is 11.1 Å². The Kier molecular flexibility index (Phi) is 7.08. The summed E-state index contributed by atoms with van der Waals surface area (Å²) in [7, 11) is 0. The number of carbonyl (C=O) groups is 2. The Bertz CT molecular complexity index is 827. The highest BCUT2D eigenvalue weighted by Gasteiger charge is 2.27. The quantitative estimate of drug-likeness (QED) is 0.805. The van der Waals surface area contributed by atoms with Gasteiger partial charge in [-0.05, 0) is 44.4 Å². The van der Waals surface area contributed by atoms with E-state index in [0.29, 0.717) is 11.1 Å². The van der Waals surface area contributed by atoms with Gasteiger partial charge >= 0.3 is 0 Å². The number of aromatic nitrogens is 2. The van der Waals surface area contributed by atoms with E-state index in [4.69, 9.17) is 5.73 Å². The zero-order valence-corrected chi connectivity index (χ0v) is 16.7. The minimum Gasteiger partial charge on any atom is -0.363 e. The van der Waals surface area contributed by atoms with Gasteiger partial charge < -0.3 is 20.5 Å². The predicted molar refractivity (Wildman–Crippen MR) is 109 cm³/mol. The zero-order valence-electron chi connectivity index (χ0n) is 15.0. The van der Waals surface area contributed by atoms with E-state index in [9.17, 15) is 9.59 Å². The first-order valence-electron chi connectivity index (χ1n) is 8.97. The van der Waals surface area contributed by atoms with Gasteiger partial charge in [0.15, 0.2) is 5.82 Å². The Hall–Kier alpha value is -1.83. The smallest absolute Gasteiger partial charge is 0.284 e. The molecule has 0 spiro atoms. The first kappa shape index (κ1) is 21.5. The number of nitrogens with one attached hydrogen (secondary N) is 1. The predicted octanol–water partition coefficient (Wildman–Crippen LogP) is 2.14. The summed E-state index contributed by atoms with van der Waals surface area (Å²) >= 11 is 0. The number of piperidine rings is 1. The Morgan fingerprint density at radius 2 is 1.89 bits per heavy atom. The van der Waals surface area contributed by atoms with Gasteiger partial charge in [-0.3, -0.25) is 9.59 Å². The van der Waals surface area contributed by atoms with Gasteiger partial charge in [0, 0.05) is 25.7 Å². The van der Waals surface area contributed by atoms with Crippen LogP contribution in [0.3, 0.4) is 0 Å². The number of primary amides is 1. The van der Waals surface area contributed by atoms with Crippen LogP contribution in [0.5, 0.6) is 0 Å². The van der Waals surface area contributed by atoms with Crippen molar-refractivity contribution < 1.29 is 9.59 Å². The second kappa shape index (κ2) is 8.91. The van der Waals surface area contributed by atoms with Crippen LogP contribution >= 0.6 is 24.8 Å². The van der Waals surface area contributed by atoms with Gasteiger partial charge in [0.25, 0.3) is 11.8 Å². The number of rotatable bonds is 3. The van der Waals surface area contributed by atoms with Crippen LogP contribution in [0.4, 0.5) is 0 Å². The maximum atomic E-state index is 12.9. The zero-order chi connectivity index (χ0) is 17.4. The monoisotopic (exact) mass is 413 g/mol. The van der Waals surface area contributed by atoms with Crippen molar-refractivity contribution in [3.05, 3.63) is 29.6 Å². The van der Waals surface area contributed by atoms with Crippen LogP contribution in [0.2, 0.25) is 0 Å². The molecule has 1 aromatic carbocycles. The van der Waals surface area contributed by atoms with Gasteiger partial charge in [0.1, 0.15) is 5.52 Å². The third-order valence-corrected chi connectivity index (χ3v) is 5.20.